The molecule has 0 spiro atoms. The molecule has 2 heterocycles. The van der Waals surface area contributed by atoms with Crippen LogP contribution in [0.4, 0.5) is 0 Å². The van der Waals surface area contributed by atoms with Gasteiger partial charge in [0.2, 0.25) is 6.10 Å². The highest BCUT2D eigenvalue weighted by molar-refractivity contribution is 5.81. The lowest BCUT2D eigenvalue weighted by Gasteiger charge is -2.26. The van der Waals surface area contributed by atoms with Gasteiger partial charge in [-0.1, -0.05) is 19.1 Å². The molecule has 3 rings (SSSR count). The fourth-order valence-electron chi connectivity index (χ4n) is 2.76. The molecule has 1 aromatic heterocycles. The van der Waals surface area contributed by atoms with Gasteiger partial charge in [0.05, 0.1) is 5.69 Å². The summed E-state index contributed by atoms with van der Waals surface area (Å²) >= 11 is 0. The highest BCUT2D eigenvalue weighted by Gasteiger charge is 2.27. The van der Waals surface area contributed by atoms with Crippen molar-refractivity contribution < 1.29 is 14.3 Å². The first-order valence-corrected chi connectivity index (χ1v) is 8.20. The summed E-state index contributed by atoms with van der Waals surface area (Å²) in [5, 5.41) is 7.40. The van der Waals surface area contributed by atoms with Crippen LogP contribution in [0, 0.1) is 19.8 Å². The minimum atomic E-state index is -0.610. The molecule has 1 aromatic carbocycles. The van der Waals surface area contributed by atoms with E-state index >= 15 is 0 Å². The van der Waals surface area contributed by atoms with Crippen molar-refractivity contribution in [2.45, 2.75) is 33.4 Å². The molecule has 2 aromatic rings. The van der Waals surface area contributed by atoms with Crippen LogP contribution in [0.1, 0.15) is 18.3 Å². The van der Waals surface area contributed by atoms with E-state index in [2.05, 4.69) is 23.4 Å². The van der Waals surface area contributed by atoms with E-state index in [0.717, 1.165) is 17.9 Å². The number of benzene rings is 1. The number of rotatable bonds is 5. The van der Waals surface area contributed by atoms with Crippen LogP contribution >= 0.6 is 0 Å². The zero-order chi connectivity index (χ0) is 17.1. The number of para-hydroxylation sites is 2. The first-order valence-electron chi connectivity index (χ1n) is 8.20. The molecule has 1 N–H and O–H groups in total. The SMILES string of the molecule is Cc1cc(C)n(CC(C)CNC(=O)C2COc3ccccc3O2)n1. The highest BCUT2D eigenvalue weighted by atomic mass is 16.6. The average Bonchev–Trinajstić information content (AvgIpc) is 2.89. The molecule has 0 aliphatic carbocycles. The van der Waals surface area contributed by atoms with Crippen LogP contribution in [0.15, 0.2) is 30.3 Å². The summed E-state index contributed by atoms with van der Waals surface area (Å²) < 4.78 is 13.3. The van der Waals surface area contributed by atoms with Gasteiger partial charge in [0.15, 0.2) is 11.5 Å². The molecule has 0 bridgehead atoms. The number of carbonyl (C=O) groups is 1. The normalized spacial score (nSPS) is 17.4. The second-order valence-electron chi connectivity index (χ2n) is 6.32. The van der Waals surface area contributed by atoms with Crippen LogP contribution in [0.3, 0.4) is 0 Å². The summed E-state index contributed by atoms with van der Waals surface area (Å²) in [4.78, 5) is 12.3. The molecule has 0 fully saturated rings. The molecule has 128 valence electrons. The van der Waals surface area contributed by atoms with Crippen molar-refractivity contribution in [2.24, 2.45) is 5.92 Å². The number of aromatic nitrogens is 2. The summed E-state index contributed by atoms with van der Waals surface area (Å²) in [7, 11) is 0. The quantitative estimate of drug-likeness (QED) is 0.912. The van der Waals surface area contributed by atoms with E-state index in [4.69, 9.17) is 9.47 Å². The van der Waals surface area contributed by atoms with Gasteiger partial charge in [-0.05, 0) is 38.0 Å². The van der Waals surface area contributed by atoms with Gasteiger partial charge in [-0.25, -0.2) is 0 Å². The predicted molar refractivity (Wildman–Crippen MR) is 90.2 cm³/mol. The fourth-order valence-corrected chi connectivity index (χ4v) is 2.76. The van der Waals surface area contributed by atoms with Crippen molar-refractivity contribution in [1.29, 1.82) is 0 Å². The number of nitrogens with zero attached hydrogens (tertiary/aromatic N) is 2. The molecular weight excluding hydrogens is 306 g/mol. The Labute approximate surface area is 141 Å². The third-order valence-corrected chi connectivity index (χ3v) is 4.01. The van der Waals surface area contributed by atoms with E-state index in [1.165, 1.54) is 0 Å². The zero-order valence-electron chi connectivity index (χ0n) is 14.3. The standard InChI is InChI=1S/C18H23N3O3/c1-12(10-21-14(3)8-13(2)20-21)9-19-18(22)17-11-23-15-6-4-5-7-16(15)24-17/h4-8,12,17H,9-11H2,1-3H3,(H,19,22). The lowest BCUT2D eigenvalue weighted by molar-refractivity contribution is -0.130. The Morgan fingerprint density at radius 2 is 2.12 bits per heavy atom. The van der Waals surface area contributed by atoms with Crippen molar-refractivity contribution in [2.75, 3.05) is 13.2 Å². The predicted octanol–water partition coefficient (Wildman–Crippen LogP) is 2.09. The second kappa shape index (κ2) is 6.95. The van der Waals surface area contributed by atoms with Crippen LogP contribution in [-0.4, -0.2) is 34.9 Å². The van der Waals surface area contributed by atoms with Gasteiger partial charge in [0.25, 0.3) is 5.91 Å². The van der Waals surface area contributed by atoms with Crippen molar-refractivity contribution in [1.82, 2.24) is 15.1 Å². The van der Waals surface area contributed by atoms with E-state index in [-0.39, 0.29) is 18.4 Å². The molecule has 6 nitrogen and oxygen atoms in total. The first-order chi connectivity index (χ1) is 11.5. The van der Waals surface area contributed by atoms with Gasteiger partial charge < -0.3 is 14.8 Å². The molecule has 1 aliphatic heterocycles. The van der Waals surface area contributed by atoms with Gasteiger partial charge >= 0.3 is 0 Å². The van der Waals surface area contributed by atoms with Crippen LogP contribution in [0.25, 0.3) is 0 Å². The van der Waals surface area contributed by atoms with E-state index in [1.54, 1.807) is 6.07 Å². The lowest BCUT2D eigenvalue weighted by atomic mass is 10.1. The largest absolute Gasteiger partial charge is 0.485 e. The van der Waals surface area contributed by atoms with Gasteiger partial charge in [-0.2, -0.15) is 5.10 Å². The molecule has 1 amide bonds. The highest BCUT2D eigenvalue weighted by Crippen LogP contribution is 2.30. The van der Waals surface area contributed by atoms with Crippen molar-refractivity contribution >= 4 is 5.91 Å². The summed E-state index contributed by atoms with van der Waals surface area (Å²) in [6.45, 7) is 7.67. The number of hydrogen-bond acceptors (Lipinski definition) is 4. The third-order valence-electron chi connectivity index (χ3n) is 4.01. The number of amides is 1. The Morgan fingerprint density at radius 3 is 2.83 bits per heavy atom. The Hall–Kier alpha value is -2.50. The maximum Gasteiger partial charge on any atom is 0.264 e. The maximum atomic E-state index is 12.3. The summed E-state index contributed by atoms with van der Waals surface area (Å²) in [6.07, 6.45) is -0.610. The van der Waals surface area contributed by atoms with E-state index < -0.39 is 6.10 Å². The molecule has 0 saturated heterocycles. The zero-order valence-corrected chi connectivity index (χ0v) is 14.3. The minimum Gasteiger partial charge on any atom is -0.485 e. The van der Waals surface area contributed by atoms with Crippen LogP contribution in [0.2, 0.25) is 0 Å². The number of fused-ring (bicyclic) bond motifs is 1. The topological polar surface area (TPSA) is 65.4 Å². The number of carbonyl (C=O) groups excluding carboxylic acids is 1. The molecule has 0 radical (unpaired) electrons. The van der Waals surface area contributed by atoms with E-state index in [0.29, 0.717) is 18.0 Å². The number of ether oxygens (including phenoxy) is 2. The van der Waals surface area contributed by atoms with Crippen molar-refractivity contribution in [3.05, 3.63) is 41.7 Å². The lowest BCUT2D eigenvalue weighted by Crippen LogP contribution is -2.45. The minimum absolute atomic E-state index is 0.148. The van der Waals surface area contributed by atoms with Gasteiger partial charge in [-0.15, -0.1) is 0 Å². The Morgan fingerprint density at radius 1 is 1.38 bits per heavy atom. The first kappa shape index (κ1) is 16.4. The number of nitrogens with one attached hydrogen (secondary N) is 1. The van der Waals surface area contributed by atoms with Crippen LogP contribution in [-0.2, 0) is 11.3 Å². The summed E-state index contributed by atoms with van der Waals surface area (Å²) in [6, 6.07) is 9.43. The van der Waals surface area contributed by atoms with Crippen LogP contribution in [0.5, 0.6) is 11.5 Å². The fraction of sp³-hybridized carbons (Fsp3) is 0.444. The summed E-state index contributed by atoms with van der Waals surface area (Å²) in [5.41, 5.74) is 2.14. The Balaban J connectivity index is 1.50. The maximum absolute atomic E-state index is 12.3. The molecule has 6 heteroatoms. The van der Waals surface area contributed by atoms with E-state index in [1.807, 2.05) is 36.7 Å². The molecule has 2 unspecified atom stereocenters. The van der Waals surface area contributed by atoms with Crippen molar-refractivity contribution in [3.8, 4) is 11.5 Å². The van der Waals surface area contributed by atoms with Crippen LogP contribution < -0.4 is 14.8 Å². The number of aryl methyl sites for hydroxylation is 2. The number of hydrogen-bond donors (Lipinski definition) is 1. The van der Waals surface area contributed by atoms with Gasteiger partial charge in [0.1, 0.15) is 6.61 Å². The molecule has 2 atom stereocenters. The average molecular weight is 329 g/mol. The van der Waals surface area contributed by atoms with Crippen molar-refractivity contribution in [3.63, 3.8) is 0 Å². The van der Waals surface area contributed by atoms with Gasteiger partial charge in [-0.3, -0.25) is 9.48 Å². The molecular formula is C18H23N3O3. The molecule has 24 heavy (non-hydrogen) atoms. The Bertz CT molecular complexity index is 726. The summed E-state index contributed by atoms with van der Waals surface area (Å²) in [5.74, 6) is 1.41. The monoisotopic (exact) mass is 329 g/mol. The molecule has 1 aliphatic rings. The third kappa shape index (κ3) is 3.69. The smallest absolute Gasteiger partial charge is 0.264 e. The second-order valence-corrected chi connectivity index (χ2v) is 6.32. The molecule has 0 saturated carbocycles. The van der Waals surface area contributed by atoms with E-state index in [9.17, 15) is 4.79 Å². The van der Waals surface area contributed by atoms with Gasteiger partial charge in [0, 0.05) is 18.8 Å². The Kier molecular flexibility index (Phi) is 4.74.